The fraction of sp³-hybridized carbons (Fsp3) is 0.545. The lowest BCUT2D eigenvalue weighted by atomic mass is 10.2. The summed E-state index contributed by atoms with van der Waals surface area (Å²) >= 11 is 0. The summed E-state index contributed by atoms with van der Waals surface area (Å²) in [6.45, 7) is 0.626. The normalized spacial score (nSPS) is 21.9. The summed E-state index contributed by atoms with van der Waals surface area (Å²) in [5.41, 5.74) is 0. The topological polar surface area (TPSA) is 88.4 Å². The average molecular weight is 272 g/mol. The minimum atomic E-state index is -2.95. The van der Waals surface area contributed by atoms with Gasteiger partial charge in [-0.1, -0.05) is 0 Å². The van der Waals surface area contributed by atoms with E-state index >= 15 is 0 Å². The summed E-state index contributed by atoms with van der Waals surface area (Å²) in [6.07, 6.45) is 2.08. The van der Waals surface area contributed by atoms with Gasteiger partial charge in [0.1, 0.15) is 5.76 Å². The van der Waals surface area contributed by atoms with E-state index in [-0.39, 0.29) is 30.0 Å². The van der Waals surface area contributed by atoms with Crippen molar-refractivity contribution in [3.63, 3.8) is 0 Å². The highest BCUT2D eigenvalue weighted by atomic mass is 32.2. The fourth-order valence-corrected chi connectivity index (χ4v) is 3.57. The van der Waals surface area contributed by atoms with E-state index in [1.54, 1.807) is 12.3 Å². The zero-order valence-electron chi connectivity index (χ0n) is 9.89. The van der Waals surface area contributed by atoms with Crippen molar-refractivity contribution < 1.29 is 17.6 Å². The number of amides is 1. The van der Waals surface area contributed by atoms with E-state index < -0.39 is 9.84 Å². The molecule has 1 amide bonds. The molecule has 2 heterocycles. The largest absolute Gasteiger partial charge is 0.468 e. The molecule has 1 aliphatic heterocycles. The number of hydrogen-bond donors (Lipinski definition) is 2. The van der Waals surface area contributed by atoms with E-state index in [1.807, 2.05) is 6.07 Å². The molecule has 1 aromatic heterocycles. The minimum Gasteiger partial charge on any atom is -0.468 e. The van der Waals surface area contributed by atoms with Gasteiger partial charge in [0.05, 0.1) is 30.9 Å². The van der Waals surface area contributed by atoms with Crippen molar-refractivity contribution >= 4 is 15.7 Å². The molecular formula is C11H16N2O4S. The molecule has 1 saturated heterocycles. The minimum absolute atomic E-state index is 0.0525. The lowest BCUT2D eigenvalue weighted by molar-refractivity contribution is -0.120. The lowest BCUT2D eigenvalue weighted by Crippen LogP contribution is -2.40. The van der Waals surface area contributed by atoms with Gasteiger partial charge in [0.25, 0.3) is 0 Å². The number of nitrogens with one attached hydrogen (secondary N) is 2. The molecule has 100 valence electrons. The van der Waals surface area contributed by atoms with Gasteiger partial charge in [-0.3, -0.25) is 4.79 Å². The summed E-state index contributed by atoms with van der Waals surface area (Å²) in [5, 5.41) is 5.63. The molecule has 0 aliphatic carbocycles. The summed E-state index contributed by atoms with van der Waals surface area (Å²) in [6, 6.07) is 3.35. The molecule has 0 spiro atoms. The van der Waals surface area contributed by atoms with Gasteiger partial charge < -0.3 is 15.1 Å². The highest BCUT2D eigenvalue weighted by Gasteiger charge is 2.28. The van der Waals surface area contributed by atoms with Gasteiger partial charge in [-0.2, -0.15) is 0 Å². The first kappa shape index (κ1) is 13.1. The van der Waals surface area contributed by atoms with Crippen molar-refractivity contribution in [1.29, 1.82) is 0 Å². The van der Waals surface area contributed by atoms with Crippen LogP contribution in [0, 0.1) is 0 Å². The van der Waals surface area contributed by atoms with Crippen LogP contribution in [0.1, 0.15) is 12.2 Å². The van der Waals surface area contributed by atoms with E-state index in [0.29, 0.717) is 13.0 Å². The van der Waals surface area contributed by atoms with Gasteiger partial charge in [0, 0.05) is 6.04 Å². The van der Waals surface area contributed by atoms with Gasteiger partial charge in [-0.05, 0) is 18.6 Å². The molecule has 1 aromatic rings. The molecule has 2 rings (SSSR count). The number of carbonyl (C=O) groups excluding carboxylic acids is 1. The summed E-state index contributed by atoms with van der Waals surface area (Å²) in [7, 11) is -2.95. The second-order valence-corrected chi connectivity index (χ2v) is 6.58. The third kappa shape index (κ3) is 3.85. The van der Waals surface area contributed by atoms with Gasteiger partial charge in [0.2, 0.25) is 5.91 Å². The number of rotatable bonds is 5. The first-order valence-electron chi connectivity index (χ1n) is 5.78. The molecule has 1 fully saturated rings. The Morgan fingerprint density at radius 2 is 2.33 bits per heavy atom. The van der Waals surface area contributed by atoms with E-state index in [2.05, 4.69) is 10.6 Å². The summed E-state index contributed by atoms with van der Waals surface area (Å²) < 4.78 is 27.5. The molecule has 2 N–H and O–H groups in total. The molecular weight excluding hydrogens is 256 g/mol. The molecule has 7 heteroatoms. The predicted molar refractivity (Wildman–Crippen MR) is 65.6 cm³/mol. The van der Waals surface area contributed by atoms with Crippen molar-refractivity contribution in [3.05, 3.63) is 24.2 Å². The average Bonchev–Trinajstić information content (AvgIpc) is 2.88. The van der Waals surface area contributed by atoms with Crippen LogP contribution in [0.5, 0.6) is 0 Å². The summed E-state index contributed by atoms with van der Waals surface area (Å²) in [5.74, 6) is 0.782. The first-order valence-corrected chi connectivity index (χ1v) is 7.60. The van der Waals surface area contributed by atoms with Crippen molar-refractivity contribution in [2.24, 2.45) is 0 Å². The zero-order chi connectivity index (χ0) is 13.0. The maximum atomic E-state index is 11.5. The van der Waals surface area contributed by atoms with Crippen LogP contribution >= 0.6 is 0 Å². The van der Waals surface area contributed by atoms with Crippen LogP contribution in [-0.2, 0) is 21.2 Å². The van der Waals surface area contributed by atoms with Crippen LogP contribution in [0.4, 0.5) is 0 Å². The lowest BCUT2D eigenvalue weighted by Gasteiger charge is -2.10. The Kier molecular flexibility index (Phi) is 4.03. The predicted octanol–water partition coefficient (Wildman–Crippen LogP) is -0.327. The van der Waals surface area contributed by atoms with Crippen LogP contribution in [-0.4, -0.2) is 38.4 Å². The fourth-order valence-electron chi connectivity index (χ4n) is 1.90. The molecule has 6 nitrogen and oxygen atoms in total. The van der Waals surface area contributed by atoms with E-state index in [9.17, 15) is 13.2 Å². The Morgan fingerprint density at radius 1 is 1.50 bits per heavy atom. The smallest absolute Gasteiger partial charge is 0.234 e. The molecule has 18 heavy (non-hydrogen) atoms. The number of hydrogen-bond acceptors (Lipinski definition) is 5. The van der Waals surface area contributed by atoms with Gasteiger partial charge in [-0.25, -0.2) is 8.42 Å². The van der Waals surface area contributed by atoms with Crippen LogP contribution in [0.15, 0.2) is 22.8 Å². The van der Waals surface area contributed by atoms with Gasteiger partial charge in [0.15, 0.2) is 9.84 Å². The Morgan fingerprint density at radius 3 is 2.94 bits per heavy atom. The van der Waals surface area contributed by atoms with Crippen LogP contribution in [0.3, 0.4) is 0 Å². The van der Waals surface area contributed by atoms with Gasteiger partial charge >= 0.3 is 0 Å². The number of carbonyl (C=O) groups is 1. The van der Waals surface area contributed by atoms with E-state index in [1.165, 1.54) is 0 Å². The van der Waals surface area contributed by atoms with Crippen molar-refractivity contribution in [2.45, 2.75) is 19.0 Å². The molecule has 0 saturated carbocycles. The first-order chi connectivity index (χ1) is 8.55. The molecule has 1 atom stereocenters. The Bertz CT molecular complexity index is 495. The third-order valence-electron chi connectivity index (χ3n) is 2.76. The molecule has 0 aromatic carbocycles. The van der Waals surface area contributed by atoms with Crippen molar-refractivity contribution in [3.8, 4) is 0 Å². The Hall–Kier alpha value is -1.34. The zero-order valence-corrected chi connectivity index (χ0v) is 10.7. The van der Waals surface area contributed by atoms with E-state index in [0.717, 1.165) is 5.76 Å². The highest BCUT2D eigenvalue weighted by Crippen LogP contribution is 2.10. The highest BCUT2D eigenvalue weighted by molar-refractivity contribution is 7.91. The maximum Gasteiger partial charge on any atom is 0.234 e. The molecule has 0 bridgehead atoms. The van der Waals surface area contributed by atoms with Crippen LogP contribution < -0.4 is 10.6 Å². The molecule has 1 unspecified atom stereocenters. The second-order valence-electron chi connectivity index (χ2n) is 4.35. The number of sulfone groups is 1. The SMILES string of the molecule is O=C(CNCc1ccco1)NC1CCS(=O)(=O)C1. The quantitative estimate of drug-likeness (QED) is 0.766. The molecule has 0 radical (unpaired) electrons. The van der Waals surface area contributed by atoms with Crippen LogP contribution in [0.25, 0.3) is 0 Å². The monoisotopic (exact) mass is 272 g/mol. The molecule has 1 aliphatic rings. The third-order valence-corrected chi connectivity index (χ3v) is 4.53. The van der Waals surface area contributed by atoms with Gasteiger partial charge in [-0.15, -0.1) is 0 Å². The van der Waals surface area contributed by atoms with Crippen molar-refractivity contribution in [2.75, 3.05) is 18.1 Å². The maximum absolute atomic E-state index is 11.5. The van der Waals surface area contributed by atoms with Crippen LogP contribution in [0.2, 0.25) is 0 Å². The Balaban J connectivity index is 1.67. The van der Waals surface area contributed by atoms with E-state index in [4.69, 9.17) is 4.42 Å². The second kappa shape index (κ2) is 5.53. The Labute approximate surface area is 106 Å². The summed E-state index contributed by atoms with van der Waals surface area (Å²) in [4.78, 5) is 11.5. The standard InChI is InChI=1S/C11H16N2O4S/c14-11(7-12-6-10-2-1-4-17-10)13-9-3-5-18(15,16)8-9/h1-2,4,9,12H,3,5-8H2,(H,13,14). The number of furan rings is 1. The van der Waals surface area contributed by atoms with Crippen molar-refractivity contribution in [1.82, 2.24) is 10.6 Å².